The Hall–Kier alpha value is -1.31. The first-order chi connectivity index (χ1) is 14.4. The van der Waals surface area contributed by atoms with Gasteiger partial charge in [-0.25, -0.2) is 8.42 Å². The lowest BCUT2D eigenvalue weighted by molar-refractivity contribution is -0.145. The minimum Gasteiger partial charge on any atom is -0.453 e. The van der Waals surface area contributed by atoms with Crippen molar-refractivity contribution in [3.05, 3.63) is 49.1 Å². The number of allylic oxidation sites excluding steroid dienone is 6. The predicted molar refractivity (Wildman–Crippen MR) is 141 cm³/mol. The molecule has 0 aliphatic heterocycles. The minimum absolute atomic E-state index is 0.0145. The predicted octanol–water partition coefficient (Wildman–Crippen LogP) is 6.62. The first kappa shape index (κ1) is 32.9. The van der Waals surface area contributed by atoms with Gasteiger partial charge in [0.05, 0.1) is 12.2 Å². The highest BCUT2D eigenvalue weighted by molar-refractivity contribution is 8.08. The third-order valence-corrected chi connectivity index (χ3v) is 7.02. The maximum Gasteiger partial charge on any atom is 0.309 e. The van der Waals surface area contributed by atoms with E-state index in [4.69, 9.17) is 4.74 Å². The average Bonchev–Trinajstić information content (AvgIpc) is 2.61. The van der Waals surface area contributed by atoms with E-state index >= 15 is 0 Å². The van der Waals surface area contributed by atoms with Gasteiger partial charge in [-0.05, 0) is 40.7 Å². The number of esters is 1. The first-order valence-electron chi connectivity index (χ1n) is 10.7. The summed E-state index contributed by atoms with van der Waals surface area (Å²) in [4.78, 5) is 11.0. The van der Waals surface area contributed by atoms with Crippen LogP contribution in [0.1, 0.15) is 61.8 Å². The van der Waals surface area contributed by atoms with E-state index in [1.54, 1.807) is 13.8 Å². The van der Waals surface area contributed by atoms with Crippen LogP contribution in [0.25, 0.3) is 0 Å². The smallest absolute Gasteiger partial charge is 0.309 e. The molecule has 0 aliphatic rings. The van der Waals surface area contributed by atoms with Crippen molar-refractivity contribution in [2.75, 3.05) is 19.2 Å². The summed E-state index contributed by atoms with van der Waals surface area (Å²) in [6.45, 7) is 24.8. The van der Waals surface area contributed by atoms with Crippen LogP contribution >= 0.6 is 11.9 Å². The lowest BCUT2D eigenvalue weighted by Crippen LogP contribution is -2.26. The second kappa shape index (κ2) is 14.8. The Kier molecular flexibility index (Phi) is 15.2. The summed E-state index contributed by atoms with van der Waals surface area (Å²) in [5.74, 6) is 0.00543. The lowest BCUT2D eigenvalue weighted by atomic mass is 9.68. The van der Waals surface area contributed by atoms with Gasteiger partial charge in [0, 0.05) is 7.05 Å². The molecule has 0 spiro atoms. The third-order valence-electron chi connectivity index (χ3n) is 4.37. The highest BCUT2D eigenvalue weighted by Crippen LogP contribution is 2.41. The van der Waals surface area contributed by atoms with Gasteiger partial charge in [-0.3, -0.25) is 4.79 Å². The molecular weight excluding hydrogens is 442 g/mol. The molecule has 186 valence electrons. The minimum atomic E-state index is -3.22. The Balaban J connectivity index is 0. The van der Waals surface area contributed by atoms with E-state index < -0.39 is 10.0 Å². The van der Waals surface area contributed by atoms with Crippen molar-refractivity contribution in [1.29, 1.82) is 0 Å². The van der Waals surface area contributed by atoms with Crippen molar-refractivity contribution >= 4 is 27.9 Å². The molecule has 0 N–H and O–H groups in total. The molecule has 1 atom stereocenters. The third kappa shape index (κ3) is 16.3. The molecule has 0 radical (unpaired) electrons. The number of rotatable bonds is 10. The SMILES string of the molecule is C=C/C=C\C(=C/C=C)C(CC(C)(C)C)C(C)(C)C.CC(C)C(=O)OCSN(C)S(C)(=O)=O. The molecule has 0 aromatic heterocycles. The molecule has 0 bridgehead atoms. The van der Waals surface area contributed by atoms with Crippen LogP contribution in [0.5, 0.6) is 0 Å². The fourth-order valence-corrected chi connectivity index (χ4v) is 3.77. The number of ether oxygens (including phenoxy) is 1. The number of nitrogens with zero attached hydrogens (tertiary/aromatic N) is 1. The lowest BCUT2D eigenvalue weighted by Gasteiger charge is -2.36. The molecule has 0 heterocycles. The second-order valence-corrected chi connectivity index (χ2v) is 13.5. The van der Waals surface area contributed by atoms with E-state index in [9.17, 15) is 13.2 Å². The van der Waals surface area contributed by atoms with Gasteiger partial charge < -0.3 is 4.74 Å². The molecule has 1 unspecified atom stereocenters. The first-order valence-corrected chi connectivity index (χ1v) is 13.5. The Morgan fingerprint density at radius 1 is 1.09 bits per heavy atom. The molecule has 0 rings (SSSR count). The van der Waals surface area contributed by atoms with Crippen LogP contribution in [0, 0.1) is 22.7 Å². The Morgan fingerprint density at radius 2 is 1.62 bits per heavy atom. The van der Waals surface area contributed by atoms with Crippen molar-refractivity contribution in [1.82, 2.24) is 3.71 Å². The highest BCUT2D eigenvalue weighted by atomic mass is 32.3. The van der Waals surface area contributed by atoms with Gasteiger partial charge in [0.2, 0.25) is 10.0 Å². The summed E-state index contributed by atoms with van der Waals surface area (Å²) in [6.07, 6.45) is 12.3. The van der Waals surface area contributed by atoms with Gasteiger partial charge >= 0.3 is 5.97 Å². The molecule has 0 amide bonds. The highest BCUT2D eigenvalue weighted by Gasteiger charge is 2.30. The molecule has 32 heavy (non-hydrogen) atoms. The van der Waals surface area contributed by atoms with E-state index in [1.165, 1.54) is 12.6 Å². The Morgan fingerprint density at radius 3 is 1.97 bits per heavy atom. The molecule has 0 aliphatic carbocycles. The van der Waals surface area contributed by atoms with Gasteiger partial charge in [-0.15, -0.1) is 3.71 Å². The van der Waals surface area contributed by atoms with Crippen LogP contribution in [0.15, 0.2) is 49.1 Å². The number of sulfonamides is 1. The van der Waals surface area contributed by atoms with E-state index in [0.29, 0.717) is 11.3 Å². The fraction of sp³-hybridized carbons (Fsp3) is 0.640. The van der Waals surface area contributed by atoms with Crippen molar-refractivity contribution in [3.8, 4) is 0 Å². The van der Waals surface area contributed by atoms with Crippen LogP contribution in [0.2, 0.25) is 0 Å². The summed E-state index contributed by atoms with van der Waals surface area (Å²) in [6, 6.07) is 0. The summed E-state index contributed by atoms with van der Waals surface area (Å²) in [7, 11) is -1.81. The van der Waals surface area contributed by atoms with E-state index in [1.807, 2.05) is 18.2 Å². The quantitative estimate of drug-likeness (QED) is 0.150. The van der Waals surface area contributed by atoms with E-state index in [0.717, 1.165) is 28.3 Å². The summed E-state index contributed by atoms with van der Waals surface area (Å²) < 4.78 is 27.7. The summed E-state index contributed by atoms with van der Waals surface area (Å²) in [5.41, 5.74) is 1.90. The van der Waals surface area contributed by atoms with E-state index in [-0.39, 0.29) is 23.2 Å². The standard InChI is InChI=1S/C18H30.C7H15NO4S2/c1-9-11-13-15(12-10-2)16(18(6,7)8)14-17(3,4)5;1-6(2)7(9)12-5-13-8(3)14(4,10)11/h9-13,16H,1-2,14H2,3-8H3;6H,5H2,1-4H3/b13-11-,15-12+;. The zero-order valence-electron chi connectivity index (χ0n) is 21.8. The van der Waals surface area contributed by atoms with Gasteiger partial charge in [0.15, 0.2) is 5.94 Å². The van der Waals surface area contributed by atoms with Crippen LogP contribution in [0.4, 0.5) is 0 Å². The monoisotopic (exact) mass is 487 g/mol. The number of hydrogen-bond acceptors (Lipinski definition) is 5. The van der Waals surface area contributed by atoms with Gasteiger partial charge in [-0.2, -0.15) is 0 Å². The number of carbonyl (C=O) groups excluding carboxylic acids is 1. The van der Waals surface area contributed by atoms with Crippen molar-refractivity contribution in [2.45, 2.75) is 61.8 Å². The molecule has 0 aromatic rings. The zero-order chi connectivity index (χ0) is 25.8. The molecule has 0 saturated heterocycles. The van der Waals surface area contributed by atoms with Gasteiger partial charge in [0.1, 0.15) is 0 Å². The normalized spacial score (nSPS) is 14.2. The average molecular weight is 488 g/mol. The second-order valence-electron chi connectivity index (χ2n) is 10.2. The molecule has 7 heteroatoms. The van der Waals surface area contributed by atoms with Gasteiger partial charge in [0.25, 0.3) is 0 Å². The van der Waals surface area contributed by atoms with Crippen LogP contribution in [-0.2, 0) is 19.6 Å². The fourth-order valence-electron chi connectivity index (χ4n) is 2.56. The van der Waals surface area contributed by atoms with Crippen LogP contribution in [0.3, 0.4) is 0 Å². The molecular formula is C25H45NO4S2. The Labute approximate surface area is 202 Å². The van der Waals surface area contributed by atoms with Crippen molar-refractivity contribution in [2.24, 2.45) is 22.7 Å². The van der Waals surface area contributed by atoms with E-state index in [2.05, 4.69) is 66.9 Å². The molecule has 5 nitrogen and oxygen atoms in total. The zero-order valence-corrected chi connectivity index (χ0v) is 23.4. The topological polar surface area (TPSA) is 63.7 Å². The van der Waals surface area contributed by atoms with Crippen LogP contribution in [-0.4, -0.2) is 37.3 Å². The molecule has 0 saturated carbocycles. The maximum atomic E-state index is 11.0. The summed E-state index contributed by atoms with van der Waals surface area (Å²) >= 11 is 0.931. The van der Waals surface area contributed by atoms with Crippen molar-refractivity contribution in [3.63, 3.8) is 0 Å². The number of hydrogen-bond donors (Lipinski definition) is 0. The summed E-state index contributed by atoms with van der Waals surface area (Å²) in [5, 5.41) is 0. The van der Waals surface area contributed by atoms with Gasteiger partial charge in [-0.1, -0.05) is 98.9 Å². The number of carbonyl (C=O) groups is 1. The Bertz CT molecular complexity index is 752. The molecule has 0 fully saturated rings. The van der Waals surface area contributed by atoms with Crippen LogP contribution < -0.4 is 0 Å². The maximum absolute atomic E-state index is 11.0. The van der Waals surface area contributed by atoms with Crippen molar-refractivity contribution < 1.29 is 17.9 Å². The molecule has 0 aromatic carbocycles. The largest absolute Gasteiger partial charge is 0.453 e.